The van der Waals surface area contributed by atoms with Crippen molar-refractivity contribution in [2.24, 2.45) is 0 Å². The van der Waals surface area contributed by atoms with Crippen LogP contribution in [-0.4, -0.2) is 53.6 Å². The maximum absolute atomic E-state index is 11.7. The van der Waals surface area contributed by atoms with Crippen LogP contribution in [0.3, 0.4) is 0 Å². The van der Waals surface area contributed by atoms with Gasteiger partial charge in [-0.2, -0.15) is 0 Å². The summed E-state index contributed by atoms with van der Waals surface area (Å²) in [7, 11) is 1.66. The van der Waals surface area contributed by atoms with Gasteiger partial charge in [0.1, 0.15) is 12.4 Å². The minimum Gasteiger partial charge on any atom is -0.492 e. The van der Waals surface area contributed by atoms with Crippen molar-refractivity contribution in [1.82, 2.24) is 4.90 Å². The second-order valence-electron chi connectivity index (χ2n) is 4.01. The molecule has 0 radical (unpaired) electrons. The molecule has 0 saturated heterocycles. The molecule has 1 amide bonds. The van der Waals surface area contributed by atoms with E-state index in [4.69, 9.17) is 21.4 Å². The van der Waals surface area contributed by atoms with Crippen LogP contribution in [0.25, 0.3) is 0 Å². The van der Waals surface area contributed by atoms with E-state index >= 15 is 0 Å². The summed E-state index contributed by atoms with van der Waals surface area (Å²) in [5.41, 5.74) is 0. The summed E-state index contributed by atoms with van der Waals surface area (Å²) < 4.78 is 5.47. The number of halogens is 1. The van der Waals surface area contributed by atoms with Gasteiger partial charge in [0.2, 0.25) is 5.91 Å². The number of rotatable bonds is 8. The molecule has 0 bridgehead atoms. The summed E-state index contributed by atoms with van der Waals surface area (Å²) in [6.45, 7) is 0.783. The number of carboxylic acids is 1. The van der Waals surface area contributed by atoms with Gasteiger partial charge >= 0.3 is 5.97 Å². The van der Waals surface area contributed by atoms with E-state index in [1.165, 1.54) is 4.90 Å². The molecule has 0 unspecified atom stereocenters. The summed E-state index contributed by atoms with van der Waals surface area (Å²) in [5.74, 6) is -0.308. The predicted octanol–water partition coefficient (Wildman–Crippen LogP) is 2.00. The number of carbonyl (C=O) groups is 2. The SMILES string of the molecule is CN(CCOc1cccc(Cl)c1)C(=O)CSCC(=O)O. The lowest BCUT2D eigenvalue weighted by Crippen LogP contribution is -2.32. The average molecular weight is 318 g/mol. The van der Waals surface area contributed by atoms with Crippen molar-refractivity contribution in [3.8, 4) is 5.75 Å². The molecule has 0 aliphatic heterocycles. The Kier molecular flexibility index (Phi) is 7.25. The molecule has 1 rings (SSSR count). The molecule has 0 aromatic heterocycles. The maximum Gasteiger partial charge on any atom is 0.313 e. The lowest BCUT2D eigenvalue weighted by Gasteiger charge is -2.17. The number of thioether (sulfide) groups is 1. The molecule has 0 heterocycles. The predicted molar refractivity (Wildman–Crippen MR) is 79.5 cm³/mol. The normalized spacial score (nSPS) is 10.1. The maximum atomic E-state index is 11.7. The van der Waals surface area contributed by atoms with Gasteiger partial charge < -0.3 is 14.7 Å². The third-order valence-electron chi connectivity index (χ3n) is 2.37. The molecule has 110 valence electrons. The fourth-order valence-corrected chi connectivity index (χ4v) is 2.17. The number of benzene rings is 1. The first kappa shape index (κ1) is 16.7. The van der Waals surface area contributed by atoms with Crippen molar-refractivity contribution >= 4 is 35.2 Å². The highest BCUT2D eigenvalue weighted by atomic mass is 35.5. The fourth-order valence-electron chi connectivity index (χ4n) is 1.32. The van der Waals surface area contributed by atoms with Crippen molar-refractivity contribution in [2.45, 2.75) is 0 Å². The Morgan fingerprint density at radius 2 is 2.15 bits per heavy atom. The van der Waals surface area contributed by atoms with E-state index in [2.05, 4.69) is 0 Å². The number of hydrogen-bond donors (Lipinski definition) is 1. The number of amides is 1. The van der Waals surface area contributed by atoms with Crippen LogP contribution in [0.4, 0.5) is 0 Å². The number of aliphatic carboxylic acids is 1. The van der Waals surface area contributed by atoms with Gasteiger partial charge in [0, 0.05) is 12.1 Å². The molecule has 1 aromatic rings. The average Bonchev–Trinajstić information content (AvgIpc) is 2.38. The standard InChI is InChI=1S/C13H16ClNO4S/c1-15(12(16)8-20-9-13(17)18)5-6-19-11-4-2-3-10(14)7-11/h2-4,7H,5-6,8-9H2,1H3,(H,17,18). The van der Waals surface area contributed by atoms with E-state index in [-0.39, 0.29) is 17.4 Å². The minimum absolute atomic E-state index is 0.0708. The molecule has 1 aromatic carbocycles. The van der Waals surface area contributed by atoms with E-state index in [9.17, 15) is 9.59 Å². The largest absolute Gasteiger partial charge is 0.492 e. The van der Waals surface area contributed by atoms with Crippen LogP contribution in [0.5, 0.6) is 5.75 Å². The monoisotopic (exact) mass is 317 g/mol. The lowest BCUT2D eigenvalue weighted by molar-refractivity contribution is -0.133. The summed E-state index contributed by atoms with van der Waals surface area (Å²) in [4.78, 5) is 23.5. The van der Waals surface area contributed by atoms with E-state index in [0.29, 0.717) is 23.9 Å². The third-order valence-corrected chi connectivity index (χ3v) is 3.51. The molecule has 0 aliphatic rings. The first-order valence-corrected chi connectivity index (χ1v) is 7.44. The molecule has 20 heavy (non-hydrogen) atoms. The van der Waals surface area contributed by atoms with E-state index in [0.717, 1.165) is 11.8 Å². The summed E-state index contributed by atoms with van der Waals surface area (Å²) in [6.07, 6.45) is 0. The Morgan fingerprint density at radius 3 is 2.80 bits per heavy atom. The summed E-state index contributed by atoms with van der Waals surface area (Å²) in [5, 5.41) is 9.07. The number of ether oxygens (including phenoxy) is 1. The zero-order valence-electron chi connectivity index (χ0n) is 11.0. The van der Waals surface area contributed by atoms with Crippen LogP contribution in [0.1, 0.15) is 0 Å². The van der Waals surface area contributed by atoms with E-state index in [1.54, 1.807) is 31.3 Å². The van der Waals surface area contributed by atoms with Crippen molar-refractivity contribution in [1.29, 1.82) is 0 Å². The molecule has 5 nitrogen and oxygen atoms in total. The van der Waals surface area contributed by atoms with Gasteiger partial charge in [-0.1, -0.05) is 17.7 Å². The highest BCUT2D eigenvalue weighted by Crippen LogP contribution is 2.16. The molecule has 0 saturated carbocycles. The van der Waals surface area contributed by atoms with Crippen LogP contribution in [-0.2, 0) is 9.59 Å². The van der Waals surface area contributed by atoms with E-state index in [1.807, 2.05) is 0 Å². The molecule has 0 aliphatic carbocycles. The molecule has 7 heteroatoms. The zero-order valence-corrected chi connectivity index (χ0v) is 12.6. The van der Waals surface area contributed by atoms with Crippen LogP contribution < -0.4 is 4.74 Å². The summed E-state index contributed by atoms with van der Waals surface area (Å²) >= 11 is 6.90. The number of likely N-dealkylation sites (N-methyl/N-ethyl adjacent to an activating group) is 1. The van der Waals surface area contributed by atoms with Gasteiger partial charge in [-0.25, -0.2) is 0 Å². The highest BCUT2D eigenvalue weighted by Gasteiger charge is 2.09. The minimum atomic E-state index is -0.922. The molecule has 0 fully saturated rings. The number of carbonyl (C=O) groups excluding carboxylic acids is 1. The first-order valence-electron chi connectivity index (χ1n) is 5.91. The molecule has 0 atom stereocenters. The van der Waals surface area contributed by atoms with Gasteiger partial charge in [-0.05, 0) is 18.2 Å². The Morgan fingerprint density at radius 1 is 1.40 bits per heavy atom. The van der Waals surface area contributed by atoms with Gasteiger partial charge in [-0.15, -0.1) is 11.8 Å². The Bertz CT molecular complexity index is 469. The first-order chi connectivity index (χ1) is 9.49. The van der Waals surface area contributed by atoms with Gasteiger partial charge in [0.05, 0.1) is 18.1 Å². The van der Waals surface area contributed by atoms with Gasteiger partial charge in [0.25, 0.3) is 0 Å². The second-order valence-corrected chi connectivity index (χ2v) is 5.43. The lowest BCUT2D eigenvalue weighted by atomic mass is 10.3. The van der Waals surface area contributed by atoms with Crippen LogP contribution in [0.15, 0.2) is 24.3 Å². The molecular weight excluding hydrogens is 302 g/mol. The third kappa shape index (κ3) is 6.68. The highest BCUT2D eigenvalue weighted by molar-refractivity contribution is 8.00. The van der Waals surface area contributed by atoms with Crippen molar-refractivity contribution in [3.63, 3.8) is 0 Å². The van der Waals surface area contributed by atoms with Gasteiger partial charge in [-0.3, -0.25) is 9.59 Å². The Hall–Kier alpha value is -1.40. The van der Waals surface area contributed by atoms with Crippen LogP contribution >= 0.6 is 23.4 Å². The fraction of sp³-hybridized carbons (Fsp3) is 0.385. The Labute approximate surface area is 126 Å². The zero-order chi connectivity index (χ0) is 15.0. The summed E-state index contributed by atoms with van der Waals surface area (Å²) in [6, 6.07) is 7.03. The molecular formula is C13H16ClNO4S. The van der Waals surface area contributed by atoms with Gasteiger partial charge in [0.15, 0.2) is 0 Å². The van der Waals surface area contributed by atoms with Crippen LogP contribution in [0, 0.1) is 0 Å². The van der Waals surface area contributed by atoms with Crippen molar-refractivity contribution in [2.75, 3.05) is 31.7 Å². The van der Waals surface area contributed by atoms with Crippen molar-refractivity contribution in [3.05, 3.63) is 29.3 Å². The number of carboxylic acid groups (broad SMARTS) is 1. The Balaban J connectivity index is 2.23. The number of nitrogens with zero attached hydrogens (tertiary/aromatic N) is 1. The van der Waals surface area contributed by atoms with Crippen LogP contribution in [0.2, 0.25) is 5.02 Å². The number of hydrogen-bond acceptors (Lipinski definition) is 4. The second kappa shape index (κ2) is 8.71. The topological polar surface area (TPSA) is 66.8 Å². The molecule has 1 N–H and O–H groups in total. The smallest absolute Gasteiger partial charge is 0.313 e. The van der Waals surface area contributed by atoms with Crippen molar-refractivity contribution < 1.29 is 19.4 Å². The van der Waals surface area contributed by atoms with E-state index < -0.39 is 5.97 Å². The quantitative estimate of drug-likeness (QED) is 0.794. The molecule has 0 spiro atoms.